The molecular formula is C13H15F2N3O2. The van der Waals surface area contributed by atoms with Gasteiger partial charge in [0, 0.05) is 25.0 Å². The lowest BCUT2D eigenvalue weighted by Gasteiger charge is -2.12. The van der Waals surface area contributed by atoms with Gasteiger partial charge in [-0.15, -0.1) is 0 Å². The fourth-order valence-corrected chi connectivity index (χ4v) is 1.72. The molecule has 1 heterocycles. The zero-order valence-electron chi connectivity index (χ0n) is 10.6. The number of alkyl halides is 2. The van der Waals surface area contributed by atoms with Crippen molar-refractivity contribution in [1.82, 2.24) is 15.5 Å². The molecule has 0 saturated heterocycles. The molecule has 0 aliphatic carbocycles. The smallest absolute Gasteiger partial charge is 0.387 e. The van der Waals surface area contributed by atoms with Gasteiger partial charge in [-0.1, -0.05) is 12.1 Å². The summed E-state index contributed by atoms with van der Waals surface area (Å²) in [6.07, 6.45) is 0.924. The number of hydrogen-bond acceptors (Lipinski definition) is 4. The normalized spacial score (nSPS) is 12.6. The van der Waals surface area contributed by atoms with Crippen molar-refractivity contribution >= 4 is 0 Å². The average Bonchev–Trinajstić information content (AvgIpc) is 2.92. The maximum absolute atomic E-state index is 12.0. The number of aliphatic hydroxyl groups is 1. The fourth-order valence-electron chi connectivity index (χ4n) is 1.72. The van der Waals surface area contributed by atoms with Gasteiger partial charge in [0.1, 0.15) is 5.75 Å². The third-order valence-corrected chi connectivity index (χ3v) is 2.70. The van der Waals surface area contributed by atoms with Gasteiger partial charge in [0.25, 0.3) is 0 Å². The molecular weight excluding hydrogens is 268 g/mol. The number of aromatic amines is 1. The maximum Gasteiger partial charge on any atom is 0.387 e. The standard InChI is InChI=1S/C13H15F2N3O2/c14-13(15)20-11-3-1-9(2-4-11)12(19)8-16-7-10-5-6-17-18-10/h1-6,12-13,16,19H,7-8H2,(H,17,18). The van der Waals surface area contributed by atoms with E-state index in [0.29, 0.717) is 18.7 Å². The van der Waals surface area contributed by atoms with Gasteiger partial charge >= 0.3 is 6.61 Å². The number of hydrogen-bond donors (Lipinski definition) is 3. The minimum atomic E-state index is -2.85. The van der Waals surface area contributed by atoms with E-state index in [9.17, 15) is 13.9 Å². The van der Waals surface area contributed by atoms with E-state index in [1.54, 1.807) is 18.3 Å². The topological polar surface area (TPSA) is 70.2 Å². The average molecular weight is 283 g/mol. The van der Waals surface area contributed by atoms with Gasteiger partial charge in [-0.2, -0.15) is 13.9 Å². The number of H-pyrrole nitrogens is 1. The van der Waals surface area contributed by atoms with Crippen LogP contribution in [0.25, 0.3) is 0 Å². The Bertz CT molecular complexity index is 503. The van der Waals surface area contributed by atoms with Crippen LogP contribution in [0.5, 0.6) is 5.75 Å². The lowest BCUT2D eigenvalue weighted by molar-refractivity contribution is -0.0498. The predicted octanol–water partition coefficient (Wildman–Crippen LogP) is 1.83. The molecule has 1 unspecified atom stereocenters. The minimum Gasteiger partial charge on any atom is -0.435 e. The summed E-state index contributed by atoms with van der Waals surface area (Å²) < 4.78 is 28.2. The number of aliphatic hydroxyl groups excluding tert-OH is 1. The Morgan fingerprint density at radius 2 is 2.00 bits per heavy atom. The van der Waals surface area contributed by atoms with E-state index >= 15 is 0 Å². The Morgan fingerprint density at radius 1 is 1.25 bits per heavy atom. The van der Waals surface area contributed by atoms with Gasteiger partial charge in [0.2, 0.25) is 0 Å². The zero-order valence-corrected chi connectivity index (χ0v) is 10.6. The first-order valence-electron chi connectivity index (χ1n) is 6.07. The molecule has 20 heavy (non-hydrogen) atoms. The van der Waals surface area contributed by atoms with Crippen LogP contribution in [0.15, 0.2) is 36.5 Å². The molecule has 0 bridgehead atoms. The number of halogens is 2. The predicted molar refractivity (Wildman–Crippen MR) is 68.3 cm³/mol. The van der Waals surface area contributed by atoms with Gasteiger partial charge < -0.3 is 15.2 Å². The van der Waals surface area contributed by atoms with Crippen molar-refractivity contribution in [2.24, 2.45) is 0 Å². The second kappa shape index (κ2) is 6.97. The van der Waals surface area contributed by atoms with Crippen LogP contribution in [-0.2, 0) is 6.54 Å². The molecule has 3 N–H and O–H groups in total. The van der Waals surface area contributed by atoms with Gasteiger partial charge in [0.15, 0.2) is 0 Å². The lowest BCUT2D eigenvalue weighted by atomic mass is 10.1. The summed E-state index contributed by atoms with van der Waals surface area (Å²) in [4.78, 5) is 0. The van der Waals surface area contributed by atoms with Crippen molar-refractivity contribution in [1.29, 1.82) is 0 Å². The van der Waals surface area contributed by atoms with Crippen molar-refractivity contribution < 1.29 is 18.6 Å². The summed E-state index contributed by atoms with van der Waals surface area (Å²) in [6.45, 7) is -1.95. The summed E-state index contributed by atoms with van der Waals surface area (Å²) in [5.74, 6) is 0.0707. The lowest BCUT2D eigenvalue weighted by Crippen LogP contribution is -2.21. The number of aromatic nitrogens is 2. The highest BCUT2D eigenvalue weighted by molar-refractivity contribution is 5.28. The van der Waals surface area contributed by atoms with Crippen LogP contribution in [0.3, 0.4) is 0 Å². The molecule has 0 aliphatic heterocycles. The Balaban J connectivity index is 1.81. The molecule has 1 aromatic heterocycles. The van der Waals surface area contributed by atoms with Gasteiger partial charge in [-0.25, -0.2) is 0 Å². The first-order chi connectivity index (χ1) is 9.65. The van der Waals surface area contributed by atoms with Crippen LogP contribution >= 0.6 is 0 Å². The van der Waals surface area contributed by atoms with Gasteiger partial charge in [0.05, 0.1) is 6.10 Å². The monoisotopic (exact) mass is 283 g/mol. The Labute approximate surface area is 114 Å². The molecule has 2 aromatic rings. The first-order valence-corrected chi connectivity index (χ1v) is 6.07. The second-order valence-corrected chi connectivity index (χ2v) is 4.18. The van der Waals surface area contributed by atoms with Crippen molar-refractivity contribution in [2.75, 3.05) is 6.54 Å². The Morgan fingerprint density at radius 3 is 2.60 bits per heavy atom. The fraction of sp³-hybridized carbons (Fsp3) is 0.308. The molecule has 0 saturated carbocycles. The third kappa shape index (κ3) is 4.29. The molecule has 1 atom stereocenters. The van der Waals surface area contributed by atoms with Gasteiger partial charge in [-0.05, 0) is 23.8 Å². The van der Waals surface area contributed by atoms with E-state index in [-0.39, 0.29) is 5.75 Å². The van der Waals surface area contributed by atoms with Crippen LogP contribution < -0.4 is 10.1 Å². The maximum atomic E-state index is 12.0. The molecule has 7 heteroatoms. The van der Waals surface area contributed by atoms with Crippen molar-refractivity contribution in [2.45, 2.75) is 19.3 Å². The van der Waals surface area contributed by atoms with E-state index in [1.807, 2.05) is 6.07 Å². The van der Waals surface area contributed by atoms with Crippen LogP contribution in [0.2, 0.25) is 0 Å². The molecule has 0 fully saturated rings. The SMILES string of the molecule is OC(CNCc1ccn[nH]1)c1ccc(OC(F)F)cc1. The summed E-state index contributed by atoms with van der Waals surface area (Å²) in [5, 5.41) is 19.6. The highest BCUT2D eigenvalue weighted by Crippen LogP contribution is 2.18. The summed E-state index contributed by atoms with van der Waals surface area (Å²) in [7, 11) is 0. The van der Waals surface area contributed by atoms with E-state index < -0.39 is 12.7 Å². The highest BCUT2D eigenvalue weighted by atomic mass is 19.3. The Kier molecular flexibility index (Phi) is 5.03. The summed E-state index contributed by atoms with van der Waals surface area (Å²) >= 11 is 0. The van der Waals surface area contributed by atoms with Crippen LogP contribution in [0, 0.1) is 0 Å². The van der Waals surface area contributed by atoms with Gasteiger partial charge in [-0.3, -0.25) is 5.10 Å². The van der Waals surface area contributed by atoms with Crippen molar-refractivity contribution in [3.63, 3.8) is 0 Å². The number of nitrogens with one attached hydrogen (secondary N) is 2. The number of ether oxygens (including phenoxy) is 1. The van der Waals surface area contributed by atoms with E-state index in [1.165, 1.54) is 12.1 Å². The van der Waals surface area contributed by atoms with E-state index in [0.717, 1.165) is 5.69 Å². The summed E-state index contributed by atoms with van der Waals surface area (Å²) in [6, 6.07) is 7.75. The molecule has 2 rings (SSSR count). The molecule has 0 amide bonds. The number of nitrogens with zero attached hydrogens (tertiary/aromatic N) is 1. The second-order valence-electron chi connectivity index (χ2n) is 4.18. The molecule has 0 spiro atoms. The first kappa shape index (κ1) is 14.4. The number of rotatable bonds is 7. The highest BCUT2D eigenvalue weighted by Gasteiger charge is 2.09. The Hall–Kier alpha value is -1.99. The van der Waals surface area contributed by atoms with E-state index in [4.69, 9.17) is 0 Å². The molecule has 1 aromatic carbocycles. The minimum absolute atomic E-state index is 0.0707. The van der Waals surface area contributed by atoms with Crippen LogP contribution in [0.4, 0.5) is 8.78 Å². The molecule has 108 valence electrons. The molecule has 0 aliphatic rings. The van der Waals surface area contributed by atoms with Crippen molar-refractivity contribution in [3.05, 3.63) is 47.8 Å². The largest absolute Gasteiger partial charge is 0.435 e. The zero-order chi connectivity index (χ0) is 14.4. The summed E-state index contributed by atoms with van der Waals surface area (Å²) in [5.41, 5.74) is 1.54. The van der Waals surface area contributed by atoms with Crippen molar-refractivity contribution in [3.8, 4) is 5.75 Å². The van der Waals surface area contributed by atoms with Crippen LogP contribution in [0.1, 0.15) is 17.4 Å². The quantitative estimate of drug-likeness (QED) is 0.725. The molecule has 5 nitrogen and oxygen atoms in total. The molecule has 0 radical (unpaired) electrons. The van der Waals surface area contributed by atoms with Crippen LogP contribution in [-0.4, -0.2) is 28.5 Å². The van der Waals surface area contributed by atoms with E-state index in [2.05, 4.69) is 20.3 Å². The number of benzene rings is 1. The third-order valence-electron chi connectivity index (χ3n) is 2.70.